The third kappa shape index (κ3) is 6.34. The van der Waals surface area contributed by atoms with Gasteiger partial charge >= 0.3 is 7.60 Å². The third-order valence-corrected chi connectivity index (χ3v) is 5.68. The zero-order valence-corrected chi connectivity index (χ0v) is 17.5. The Labute approximate surface area is 172 Å². The standard InChI is InChI=1S/C23H27N2O3P/c1-2-18-9-11-19(12-10-18)22-14-13-21(17-24-15-6-16-29(26,27)28)25-23(22)20-7-4-3-5-8-20/h3-5,7-14,24H,2,6,15-17H2,1H3,(H2,26,27,28). The zero-order chi connectivity index (χ0) is 20.7. The molecule has 152 valence electrons. The minimum atomic E-state index is -3.93. The second-order valence-electron chi connectivity index (χ2n) is 7.03. The molecule has 3 N–H and O–H groups in total. The van der Waals surface area contributed by atoms with Gasteiger partial charge in [-0.2, -0.15) is 0 Å². The van der Waals surface area contributed by atoms with Crippen LogP contribution >= 0.6 is 7.60 Å². The summed E-state index contributed by atoms with van der Waals surface area (Å²) in [6.45, 7) is 3.23. The van der Waals surface area contributed by atoms with Crippen LogP contribution in [0.2, 0.25) is 0 Å². The van der Waals surface area contributed by atoms with E-state index < -0.39 is 7.60 Å². The summed E-state index contributed by atoms with van der Waals surface area (Å²) in [7, 11) is -3.93. The lowest BCUT2D eigenvalue weighted by atomic mass is 9.97. The summed E-state index contributed by atoms with van der Waals surface area (Å²) in [4.78, 5) is 22.8. The van der Waals surface area contributed by atoms with E-state index in [1.54, 1.807) is 0 Å². The lowest BCUT2D eigenvalue weighted by Gasteiger charge is -2.13. The predicted molar refractivity (Wildman–Crippen MR) is 118 cm³/mol. The van der Waals surface area contributed by atoms with Crippen LogP contribution in [0.15, 0.2) is 66.7 Å². The molecule has 1 aromatic heterocycles. The molecule has 0 unspecified atom stereocenters. The van der Waals surface area contributed by atoms with E-state index in [0.717, 1.165) is 34.5 Å². The Morgan fingerprint density at radius 2 is 1.66 bits per heavy atom. The van der Waals surface area contributed by atoms with E-state index in [9.17, 15) is 4.57 Å². The van der Waals surface area contributed by atoms with Crippen molar-refractivity contribution < 1.29 is 14.4 Å². The first-order valence-corrected chi connectivity index (χ1v) is 11.7. The molecule has 0 aliphatic carbocycles. The van der Waals surface area contributed by atoms with E-state index in [0.29, 0.717) is 19.5 Å². The van der Waals surface area contributed by atoms with E-state index in [4.69, 9.17) is 14.8 Å². The van der Waals surface area contributed by atoms with Gasteiger partial charge in [-0.15, -0.1) is 0 Å². The van der Waals surface area contributed by atoms with Crippen LogP contribution in [0.4, 0.5) is 0 Å². The van der Waals surface area contributed by atoms with Crippen LogP contribution in [0, 0.1) is 0 Å². The smallest absolute Gasteiger partial charge is 0.324 e. The van der Waals surface area contributed by atoms with Crippen LogP contribution in [0.25, 0.3) is 22.4 Å². The lowest BCUT2D eigenvalue weighted by molar-refractivity contribution is 0.371. The topological polar surface area (TPSA) is 82.5 Å². The highest BCUT2D eigenvalue weighted by molar-refractivity contribution is 7.51. The molecule has 3 rings (SSSR count). The number of aryl methyl sites for hydroxylation is 1. The number of hydrogen-bond acceptors (Lipinski definition) is 3. The normalized spacial score (nSPS) is 11.6. The first-order valence-electron chi connectivity index (χ1n) is 9.86. The summed E-state index contributed by atoms with van der Waals surface area (Å²) in [5.41, 5.74) is 6.42. The summed E-state index contributed by atoms with van der Waals surface area (Å²) in [6, 6.07) is 22.8. The number of nitrogens with zero attached hydrogens (tertiary/aromatic N) is 1. The van der Waals surface area contributed by atoms with Crippen molar-refractivity contribution in [2.24, 2.45) is 0 Å². The molecule has 0 radical (unpaired) electrons. The maximum Gasteiger partial charge on any atom is 0.325 e. The maximum atomic E-state index is 10.9. The summed E-state index contributed by atoms with van der Waals surface area (Å²) < 4.78 is 10.9. The van der Waals surface area contributed by atoms with Crippen LogP contribution < -0.4 is 5.32 Å². The van der Waals surface area contributed by atoms with Crippen LogP contribution in [-0.4, -0.2) is 27.5 Å². The summed E-state index contributed by atoms with van der Waals surface area (Å²) in [5, 5.41) is 3.22. The molecule has 0 saturated heterocycles. The second-order valence-corrected chi connectivity index (χ2v) is 8.81. The molecule has 0 spiro atoms. The molecular weight excluding hydrogens is 383 g/mol. The van der Waals surface area contributed by atoms with Crippen molar-refractivity contribution in [3.63, 3.8) is 0 Å². The lowest BCUT2D eigenvalue weighted by Crippen LogP contribution is -2.16. The largest absolute Gasteiger partial charge is 0.325 e. The van der Waals surface area contributed by atoms with Crippen LogP contribution in [-0.2, 0) is 17.5 Å². The highest BCUT2D eigenvalue weighted by Crippen LogP contribution is 2.34. The van der Waals surface area contributed by atoms with Gasteiger partial charge in [-0.1, -0.05) is 67.6 Å². The van der Waals surface area contributed by atoms with Gasteiger partial charge < -0.3 is 15.1 Å². The number of rotatable bonds is 9. The molecule has 0 bridgehead atoms. The van der Waals surface area contributed by atoms with Crippen molar-refractivity contribution in [3.05, 3.63) is 78.0 Å². The first kappa shape index (κ1) is 21.4. The molecule has 0 aliphatic heterocycles. The van der Waals surface area contributed by atoms with Crippen molar-refractivity contribution >= 4 is 7.60 Å². The molecule has 0 atom stereocenters. The monoisotopic (exact) mass is 410 g/mol. The SMILES string of the molecule is CCc1ccc(-c2ccc(CNCCCP(=O)(O)O)nc2-c2ccccc2)cc1. The minimum absolute atomic E-state index is 0.102. The predicted octanol–water partition coefficient (Wildman–Crippen LogP) is 4.64. The molecule has 29 heavy (non-hydrogen) atoms. The fourth-order valence-electron chi connectivity index (χ4n) is 3.19. The van der Waals surface area contributed by atoms with Crippen LogP contribution in [0.5, 0.6) is 0 Å². The first-order chi connectivity index (χ1) is 14.0. The van der Waals surface area contributed by atoms with E-state index in [1.165, 1.54) is 5.56 Å². The Hall–Kier alpha value is -2.30. The maximum absolute atomic E-state index is 10.9. The van der Waals surface area contributed by atoms with E-state index in [-0.39, 0.29) is 6.16 Å². The Bertz CT molecular complexity index is 969. The highest BCUT2D eigenvalue weighted by atomic mass is 31.2. The van der Waals surface area contributed by atoms with Gasteiger partial charge in [0.2, 0.25) is 0 Å². The fraction of sp³-hybridized carbons (Fsp3) is 0.261. The average Bonchev–Trinajstić information content (AvgIpc) is 2.73. The summed E-state index contributed by atoms with van der Waals surface area (Å²) >= 11 is 0. The molecule has 0 fully saturated rings. The molecule has 6 heteroatoms. The Morgan fingerprint density at radius 3 is 2.31 bits per heavy atom. The van der Waals surface area contributed by atoms with Crippen molar-refractivity contribution in [1.82, 2.24) is 10.3 Å². The van der Waals surface area contributed by atoms with E-state index >= 15 is 0 Å². The molecule has 1 heterocycles. The van der Waals surface area contributed by atoms with Gasteiger partial charge in [0.05, 0.1) is 17.5 Å². The Balaban J connectivity index is 1.81. The molecule has 0 amide bonds. The Kier molecular flexibility index (Phi) is 7.34. The molecule has 3 aromatic rings. The van der Waals surface area contributed by atoms with E-state index in [1.807, 2.05) is 24.3 Å². The Morgan fingerprint density at radius 1 is 0.931 bits per heavy atom. The van der Waals surface area contributed by atoms with Crippen molar-refractivity contribution in [1.29, 1.82) is 0 Å². The molecule has 5 nitrogen and oxygen atoms in total. The number of pyridine rings is 1. The number of hydrogen-bond donors (Lipinski definition) is 3. The van der Waals surface area contributed by atoms with Gasteiger partial charge in [0, 0.05) is 17.7 Å². The summed E-state index contributed by atoms with van der Waals surface area (Å²) in [6.07, 6.45) is 1.34. The number of benzene rings is 2. The minimum Gasteiger partial charge on any atom is -0.324 e. The number of aromatic nitrogens is 1. The highest BCUT2D eigenvalue weighted by Gasteiger charge is 2.12. The number of nitrogens with one attached hydrogen (secondary N) is 1. The van der Waals surface area contributed by atoms with Gasteiger partial charge in [0.25, 0.3) is 0 Å². The van der Waals surface area contributed by atoms with Gasteiger partial charge in [0.1, 0.15) is 0 Å². The van der Waals surface area contributed by atoms with Crippen LogP contribution in [0.3, 0.4) is 0 Å². The molecule has 2 aromatic carbocycles. The van der Waals surface area contributed by atoms with Crippen molar-refractivity contribution in [2.45, 2.75) is 26.3 Å². The zero-order valence-electron chi connectivity index (χ0n) is 16.6. The fourth-order valence-corrected chi connectivity index (χ4v) is 3.76. The van der Waals surface area contributed by atoms with Gasteiger partial charge in [0.15, 0.2) is 0 Å². The molecular formula is C23H27N2O3P. The van der Waals surface area contributed by atoms with Crippen molar-refractivity contribution in [3.8, 4) is 22.4 Å². The quantitative estimate of drug-likeness (QED) is 0.354. The summed E-state index contributed by atoms with van der Waals surface area (Å²) in [5.74, 6) is 0. The van der Waals surface area contributed by atoms with Gasteiger partial charge in [-0.25, -0.2) is 0 Å². The third-order valence-electron chi connectivity index (χ3n) is 4.78. The second kappa shape index (κ2) is 9.95. The van der Waals surface area contributed by atoms with E-state index in [2.05, 4.69) is 54.7 Å². The van der Waals surface area contributed by atoms with Crippen LogP contribution in [0.1, 0.15) is 24.6 Å². The average molecular weight is 410 g/mol. The van der Waals surface area contributed by atoms with Gasteiger partial charge in [-0.3, -0.25) is 9.55 Å². The van der Waals surface area contributed by atoms with Crippen molar-refractivity contribution in [2.75, 3.05) is 12.7 Å². The molecule has 0 aliphatic rings. The molecule has 0 saturated carbocycles. The van der Waals surface area contributed by atoms with Gasteiger partial charge in [-0.05, 0) is 36.6 Å².